The van der Waals surface area contributed by atoms with Crippen molar-refractivity contribution in [2.24, 2.45) is 11.5 Å². The summed E-state index contributed by atoms with van der Waals surface area (Å²) in [5.74, 6) is 1.88. The Morgan fingerprint density at radius 1 is 0.889 bits per heavy atom. The number of anilines is 4. The van der Waals surface area contributed by atoms with E-state index in [-0.39, 0.29) is 11.6 Å². The van der Waals surface area contributed by atoms with E-state index in [1.54, 1.807) is 41.2 Å². The number of ether oxygens (including phenoxy) is 1. The molecule has 2 aromatic carbocycles. The second-order valence-corrected chi connectivity index (χ2v) is 6.47. The fourth-order valence-electron chi connectivity index (χ4n) is 2.81. The molecule has 1 aliphatic rings. The molecule has 0 amide bonds. The Morgan fingerprint density at radius 3 is 2.11 bits per heavy atom. The van der Waals surface area contributed by atoms with E-state index < -0.39 is 0 Å². The normalized spacial score (nSPS) is 13.7. The van der Waals surface area contributed by atoms with Crippen LogP contribution in [0.4, 0.5) is 23.0 Å². The maximum Gasteiger partial charge on any atom is 0.229 e. The van der Waals surface area contributed by atoms with Crippen molar-refractivity contribution >= 4 is 46.2 Å². The van der Waals surface area contributed by atoms with Crippen molar-refractivity contribution in [3.05, 3.63) is 64.2 Å². The minimum Gasteiger partial charge on any atom is -0.497 e. The summed E-state index contributed by atoms with van der Waals surface area (Å²) in [7, 11) is 1.58. The van der Waals surface area contributed by atoms with Crippen molar-refractivity contribution in [2.75, 3.05) is 16.9 Å². The number of halogens is 2. The monoisotopic (exact) mass is 404 g/mol. The van der Waals surface area contributed by atoms with Crippen molar-refractivity contribution in [2.45, 2.75) is 0 Å². The standard InChI is InChI=1S/C17H14Cl2N6O2/c1-26-11-4-2-3-9(7-11)24-14(20)15(21)25(17-16(24)22-27-23-17)10-5-6-12(18)13(19)8-10/h2-8H,20-21H2,1H3. The minimum atomic E-state index is 0.236. The summed E-state index contributed by atoms with van der Waals surface area (Å²) in [6.07, 6.45) is 0. The summed E-state index contributed by atoms with van der Waals surface area (Å²) in [6.45, 7) is 0. The van der Waals surface area contributed by atoms with Crippen LogP contribution in [0.3, 0.4) is 0 Å². The lowest BCUT2D eigenvalue weighted by Gasteiger charge is -2.34. The topological polar surface area (TPSA) is 107 Å². The highest BCUT2D eigenvalue weighted by Crippen LogP contribution is 2.43. The van der Waals surface area contributed by atoms with Gasteiger partial charge in [-0.2, -0.15) is 0 Å². The van der Waals surface area contributed by atoms with E-state index in [9.17, 15) is 0 Å². The molecule has 8 nitrogen and oxygen atoms in total. The van der Waals surface area contributed by atoms with E-state index in [1.807, 2.05) is 18.2 Å². The number of benzene rings is 2. The molecular formula is C17H14Cl2N6O2. The van der Waals surface area contributed by atoms with E-state index in [0.29, 0.717) is 38.8 Å². The molecule has 0 fully saturated rings. The van der Waals surface area contributed by atoms with E-state index >= 15 is 0 Å². The molecule has 1 aliphatic heterocycles. The predicted molar refractivity (Wildman–Crippen MR) is 103 cm³/mol. The Labute approximate surface area is 164 Å². The highest BCUT2D eigenvalue weighted by atomic mass is 35.5. The molecule has 138 valence electrons. The summed E-state index contributed by atoms with van der Waals surface area (Å²) in [5.41, 5.74) is 14.0. The maximum absolute atomic E-state index is 6.35. The number of methoxy groups -OCH3 is 1. The van der Waals surface area contributed by atoms with Crippen molar-refractivity contribution in [3.63, 3.8) is 0 Å². The predicted octanol–water partition coefficient (Wildman–Crippen LogP) is 3.72. The van der Waals surface area contributed by atoms with Crippen LogP contribution in [0.2, 0.25) is 10.0 Å². The molecule has 0 bridgehead atoms. The first-order valence-electron chi connectivity index (χ1n) is 7.78. The second kappa shape index (κ2) is 6.57. The molecule has 0 atom stereocenters. The number of rotatable bonds is 3. The van der Waals surface area contributed by atoms with E-state index in [2.05, 4.69) is 10.3 Å². The molecule has 10 heteroatoms. The molecule has 0 saturated heterocycles. The fraction of sp³-hybridized carbons (Fsp3) is 0.0588. The third-order valence-corrected chi connectivity index (χ3v) is 4.83. The van der Waals surface area contributed by atoms with Gasteiger partial charge in [0.05, 0.1) is 28.5 Å². The zero-order valence-electron chi connectivity index (χ0n) is 14.1. The first kappa shape index (κ1) is 17.3. The molecule has 4 rings (SSSR count). The average Bonchev–Trinajstić information content (AvgIpc) is 3.14. The number of fused-ring (bicyclic) bond motifs is 1. The van der Waals surface area contributed by atoms with Gasteiger partial charge < -0.3 is 16.2 Å². The zero-order chi connectivity index (χ0) is 19.1. The van der Waals surface area contributed by atoms with Crippen LogP contribution >= 0.6 is 23.2 Å². The number of aromatic nitrogens is 2. The van der Waals surface area contributed by atoms with Gasteiger partial charge in [0.15, 0.2) is 11.6 Å². The fourth-order valence-corrected chi connectivity index (χ4v) is 3.11. The summed E-state index contributed by atoms with van der Waals surface area (Å²) in [4.78, 5) is 3.23. The van der Waals surface area contributed by atoms with Crippen LogP contribution in [-0.4, -0.2) is 17.4 Å². The lowest BCUT2D eigenvalue weighted by molar-refractivity contribution is 0.309. The summed E-state index contributed by atoms with van der Waals surface area (Å²) < 4.78 is 10.2. The van der Waals surface area contributed by atoms with Crippen LogP contribution in [-0.2, 0) is 0 Å². The van der Waals surface area contributed by atoms with Gasteiger partial charge in [0.25, 0.3) is 0 Å². The van der Waals surface area contributed by atoms with Crippen molar-refractivity contribution < 1.29 is 9.37 Å². The van der Waals surface area contributed by atoms with Crippen LogP contribution < -0.4 is 26.0 Å². The lowest BCUT2D eigenvalue weighted by atomic mass is 10.2. The van der Waals surface area contributed by atoms with E-state index in [0.717, 1.165) is 0 Å². The molecule has 1 aromatic heterocycles. The van der Waals surface area contributed by atoms with Crippen molar-refractivity contribution in [3.8, 4) is 5.75 Å². The second-order valence-electron chi connectivity index (χ2n) is 5.65. The Hall–Kier alpha value is -3.10. The van der Waals surface area contributed by atoms with Crippen LogP contribution in [0.15, 0.2) is 58.7 Å². The number of hydrogen-bond donors (Lipinski definition) is 2. The van der Waals surface area contributed by atoms with Crippen molar-refractivity contribution in [1.82, 2.24) is 10.3 Å². The van der Waals surface area contributed by atoms with Gasteiger partial charge in [0.2, 0.25) is 11.6 Å². The SMILES string of the molecule is COc1cccc(N2C(N)=C(N)N(c3ccc(Cl)c(Cl)c3)c3nonc32)c1. The van der Waals surface area contributed by atoms with Gasteiger partial charge in [0, 0.05) is 6.07 Å². The minimum absolute atomic E-state index is 0.236. The third kappa shape index (κ3) is 2.79. The molecule has 0 spiro atoms. The number of nitrogens with zero attached hydrogens (tertiary/aromatic N) is 4. The zero-order valence-corrected chi connectivity index (χ0v) is 15.6. The quantitative estimate of drug-likeness (QED) is 0.679. The van der Waals surface area contributed by atoms with Crippen LogP contribution in [0, 0.1) is 0 Å². The smallest absolute Gasteiger partial charge is 0.229 e. The Morgan fingerprint density at radius 2 is 1.52 bits per heavy atom. The first-order valence-corrected chi connectivity index (χ1v) is 8.54. The molecule has 0 unspecified atom stereocenters. The number of nitrogens with two attached hydrogens (primary N) is 2. The highest BCUT2D eigenvalue weighted by molar-refractivity contribution is 6.42. The Kier molecular flexibility index (Phi) is 4.21. The Bertz CT molecular complexity index is 1050. The number of hydrogen-bond acceptors (Lipinski definition) is 8. The van der Waals surface area contributed by atoms with Gasteiger partial charge in [-0.05, 0) is 40.6 Å². The molecule has 3 aromatic rings. The van der Waals surface area contributed by atoms with E-state index in [1.165, 1.54) is 0 Å². The summed E-state index contributed by atoms with van der Waals surface area (Å²) in [5, 5.41) is 8.78. The Balaban J connectivity index is 1.87. The van der Waals surface area contributed by atoms with Crippen LogP contribution in [0.1, 0.15) is 0 Å². The van der Waals surface area contributed by atoms with Gasteiger partial charge in [-0.1, -0.05) is 29.3 Å². The molecule has 0 aliphatic carbocycles. The molecule has 2 heterocycles. The molecule has 4 N–H and O–H groups in total. The van der Waals surface area contributed by atoms with Crippen LogP contribution in [0.25, 0.3) is 0 Å². The van der Waals surface area contributed by atoms with E-state index in [4.69, 9.17) is 44.0 Å². The van der Waals surface area contributed by atoms with Gasteiger partial charge >= 0.3 is 0 Å². The van der Waals surface area contributed by atoms with Gasteiger partial charge in [-0.15, -0.1) is 0 Å². The van der Waals surface area contributed by atoms with Gasteiger partial charge in [-0.3, -0.25) is 9.80 Å². The maximum atomic E-state index is 6.35. The lowest BCUT2D eigenvalue weighted by Crippen LogP contribution is -2.38. The van der Waals surface area contributed by atoms with Crippen molar-refractivity contribution in [1.29, 1.82) is 0 Å². The molecular weight excluding hydrogens is 391 g/mol. The van der Waals surface area contributed by atoms with Crippen LogP contribution in [0.5, 0.6) is 5.75 Å². The molecule has 0 saturated carbocycles. The van der Waals surface area contributed by atoms with Gasteiger partial charge in [-0.25, -0.2) is 4.63 Å². The molecule has 27 heavy (non-hydrogen) atoms. The van der Waals surface area contributed by atoms with Gasteiger partial charge in [0.1, 0.15) is 5.75 Å². The largest absolute Gasteiger partial charge is 0.497 e. The summed E-state index contributed by atoms with van der Waals surface area (Å²) in [6, 6.07) is 12.3. The molecule has 0 radical (unpaired) electrons. The third-order valence-electron chi connectivity index (χ3n) is 4.10. The highest BCUT2D eigenvalue weighted by Gasteiger charge is 2.35. The average molecular weight is 405 g/mol. The first-order chi connectivity index (χ1) is 13.0. The summed E-state index contributed by atoms with van der Waals surface area (Å²) >= 11 is 12.2.